The molecule has 5 rings (SSSR count). The van der Waals surface area contributed by atoms with Crippen molar-refractivity contribution >= 4 is 49.0 Å². The normalized spacial score (nSPS) is 15.2. The van der Waals surface area contributed by atoms with Crippen molar-refractivity contribution in [3.8, 4) is 0 Å². The number of anilines is 2. The van der Waals surface area contributed by atoms with Gasteiger partial charge in [0.05, 0.1) is 10.9 Å². The highest BCUT2D eigenvalue weighted by molar-refractivity contribution is 7.93. The predicted molar refractivity (Wildman–Crippen MR) is 136 cm³/mol. The van der Waals surface area contributed by atoms with Crippen molar-refractivity contribution in [3.63, 3.8) is 0 Å². The molecule has 2 aromatic heterocycles. The zero-order chi connectivity index (χ0) is 23.0. The molecule has 1 aliphatic rings. The van der Waals surface area contributed by atoms with E-state index in [1.807, 2.05) is 48.0 Å². The fraction of sp³-hybridized carbons (Fsp3) is 0.217. The largest absolute Gasteiger partial charge is 0.367 e. The molecule has 176 valence electrons. The van der Waals surface area contributed by atoms with Gasteiger partial charge in [0.15, 0.2) is 5.13 Å². The van der Waals surface area contributed by atoms with E-state index in [-0.39, 0.29) is 27.2 Å². The summed E-state index contributed by atoms with van der Waals surface area (Å²) in [5, 5.41) is 6.27. The Morgan fingerprint density at radius 2 is 1.91 bits per heavy atom. The van der Waals surface area contributed by atoms with Gasteiger partial charge >= 0.3 is 0 Å². The molecule has 4 aromatic rings. The average molecular weight is 488 g/mol. The van der Waals surface area contributed by atoms with E-state index in [4.69, 9.17) is 0 Å². The third kappa shape index (κ3) is 4.31. The van der Waals surface area contributed by atoms with Crippen LogP contribution in [0.3, 0.4) is 0 Å². The fourth-order valence-electron chi connectivity index (χ4n) is 3.95. The molecule has 0 bridgehead atoms. The Kier molecular flexibility index (Phi) is 5.55. The molecule has 0 spiro atoms. The van der Waals surface area contributed by atoms with E-state index in [1.54, 1.807) is 35.8 Å². The van der Waals surface area contributed by atoms with E-state index < -0.39 is 10.0 Å². The lowest BCUT2D eigenvalue weighted by atomic mass is 10.1. The maximum atomic E-state index is 12.8. The summed E-state index contributed by atoms with van der Waals surface area (Å²) in [6.45, 7) is 3.25. The van der Waals surface area contributed by atoms with E-state index in [1.165, 1.54) is 11.3 Å². The van der Waals surface area contributed by atoms with Crippen LogP contribution in [-0.2, 0) is 14.8 Å². The van der Waals surface area contributed by atoms with Gasteiger partial charge in [-0.05, 0) is 48.7 Å². The SMILES string of the molecule is C[C@@H](C(=O)NC1CN(c2ccc(S(=O)(=O)Nc3nccs3)cc2)C1)n1ccc2ccccc21.[HH].[HH].[HH]. The van der Waals surface area contributed by atoms with E-state index in [0.717, 1.165) is 16.6 Å². The van der Waals surface area contributed by atoms with Crippen LogP contribution in [0.25, 0.3) is 10.9 Å². The molecule has 0 radical (unpaired) electrons. The summed E-state index contributed by atoms with van der Waals surface area (Å²) >= 11 is 1.23. The van der Waals surface area contributed by atoms with Crippen LogP contribution >= 0.6 is 11.3 Å². The first-order chi connectivity index (χ1) is 15.9. The van der Waals surface area contributed by atoms with Crippen LogP contribution in [0, 0.1) is 0 Å². The van der Waals surface area contributed by atoms with Crippen LogP contribution in [0.4, 0.5) is 10.8 Å². The van der Waals surface area contributed by atoms with Crippen LogP contribution in [-0.4, -0.2) is 43.0 Å². The number of rotatable bonds is 7. The zero-order valence-corrected chi connectivity index (χ0v) is 19.5. The quantitative estimate of drug-likeness (QED) is 0.407. The lowest BCUT2D eigenvalue weighted by molar-refractivity contribution is -0.124. The van der Waals surface area contributed by atoms with E-state index in [0.29, 0.717) is 18.2 Å². The Morgan fingerprint density at radius 3 is 2.64 bits per heavy atom. The summed E-state index contributed by atoms with van der Waals surface area (Å²) in [6.07, 6.45) is 3.49. The molecule has 0 aliphatic carbocycles. The van der Waals surface area contributed by atoms with Crippen LogP contribution in [0.5, 0.6) is 0 Å². The molecule has 33 heavy (non-hydrogen) atoms. The van der Waals surface area contributed by atoms with Gasteiger partial charge in [-0.1, -0.05) is 18.2 Å². The Labute approximate surface area is 200 Å². The van der Waals surface area contributed by atoms with Crippen molar-refractivity contribution in [1.82, 2.24) is 14.9 Å². The number of benzene rings is 2. The number of aromatic nitrogens is 2. The molecule has 1 aliphatic heterocycles. The Morgan fingerprint density at radius 1 is 1.15 bits per heavy atom. The van der Waals surface area contributed by atoms with Crippen LogP contribution < -0.4 is 14.9 Å². The molecule has 2 aromatic carbocycles. The number of amides is 1. The highest BCUT2D eigenvalue weighted by Gasteiger charge is 2.30. The zero-order valence-electron chi connectivity index (χ0n) is 17.9. The maximum Gasteiger partial charge on any atom is 0.263 e. The molecule has 1 saturated heterocycles. The number of nitrogens with zero attached hydrogens (tertiary/aromatic N) is 3. The van der Waals surface area contributed by atoms with Gasteiger partial charge in [0.25, 0.3) is 10.0 Å². The van der Waals surface area contributed by atoms with Crippen LogP contribution in [0.15, 0.2) is 77.3 Å². The van der Waals surface area contributed by atoms with Gasteiger partial charge in [-0.3, -0.25) is 9.52 Å². The summed E-state index contributed by atoms with van der Waals surface area (Å²) in [5.74, 6) is -0.0179. The first-order valence-corrected chi connectivity index (χ1v) is 12.9. The van der Waals surface area contributed by atoms with Crippen molar-refractivity contribution in [3.05, 3.63) is 72.4 Å². The molecule has 0 unspecified atom stereocenters. The topological polar surface area (TPSA) is 96.3 Å². The van der Waals surface area contributed by atoms with E-state index in [9.17, 15) is 13.2 Å². The number of fused-ring (bicyclic) bond motifs is 1. The smallest absolute Gasteiger partial charge is 0.263 e. The van der Waals surface area contributed by atoms with Gasteiger partial charge in [0.2, 0.25) is 5.91 Å². The van der Waals surface area contributed by atoms with E-state index >= 15 is 0 Å². The number of nitrogens with one attached hydrogen (secondary N) is 2. The van der Waals surface area contributed by atoms with Gasteiger partial charge in [0, 0.05) is 46.3 Å². The van der Waals surface area contributed by atoms with E-state index in [2.05, 4.69) is 19.9 Å². The molecule has 2 N–H and O–H groups in total. The number of hydrogen-bond acceptors (Lipinski definition) is 6. The predicted octanol–water partition coefficient (Wildman–Crippen LogP) is 4.20. The van der Waals surface area contributed by atoms with Crippen molar-refractivity contribution in [2.24, 2.45) is 0 Å². The first-order valence-electron chi connectivity index (χ1n) is 10.5. The molecule has 1 fully saturated rings. The summed E-state index contributed by atoms with van der Waals surface area (Å²) in [4.78, 5) is 19.0. The second-order valence-corrected chi connectivity index (χ2v) is 10.6. The minimum absolute atomic E-state index is 0. The van der Waals surface area contributed by atoms with Crippen molar-refractivity contribution in [2.45, 2.75) is 23.9 Å². The van der Waals surface area contributed by atoms with Crippen molar-refractivity contribution in [2.75, 3.05) is 22.7 Å². The highest BCUT2D eigenvalue weighted by atomic mass is 32.2. The molecule has 0 saturated carbocycles. The minimum Gasteiger partial charge on any atom is -0.367 e. The van der Waals surface area contributed by atoms with Crippen molar-refractivity contribution in [1.29, 1.82) is 0 Å². The van der Waals surface area contributed by atoms with Gasteiger partial charge in [-0.2, -0.15) is 0 Å². The molecule has 10 heteroatoms. The summed E-state index contributed by atoms with van der Waals surface area (Å²) in [6, 6.07) is 16.5. The average Bonchev–Trinajstić information content (AvgIpc) is 3.45. The van der Waals surface area contributed by atoms with Gasteiger partial charge in [-0.25, -0.2) is 13.4 Å². The second kappa shape index (κ2) is 8.53. The van der Waals surface area contributed by atoms with Gasteiger partial charge in [0.1, 0.15) is 6.04 Å². The maximum absolute atomic E-state index is 12.8. The van der Waals surface area contributed by atoms with Gasteiger partial charge in [-0.15, -0.1) is 11.3 Å². The van der Waals surface area contributed by atoms with Crippen LogP contribution in [0.2, 0.25) is 0 Å². The molecule has 3 heterocycles. The Hall–Kier alpha value is -3.37. The molecular formula is C23H29N5O3S2. The second-order valence-electron chi connectivity index (χ2n) is 8.00. The summed E-state index contributed by atoms with van der Waals surface area (Å²) in [7, 11) is -3.67. The number of hydrogen-bond donors (Lipinski definition) is 2. The monoisotopic (exact) mass is 487 g/mol. The minimum atomic E-state index is -3.67. The number of sulfonamides is 1. The first kappa shape index (κ1) is 21.5. The Balaban J connectivity index is 0.00000152. The van der Waals surface area contributed by atoms with Crippen molar-refractivity contribution < 1.29 is 17.5 Å². The highest BCUT2D eigenvalue weighted by Crippen LogP contribution is 2.25. The van der Waals surface area contributed by atoms with Crippen LogP contribution in [0.1, 0.15) is 17.2 Å². The lowest BCUT2D eigenvalue weighted by Gasteiger charge is -2.41. The number of carbonyl (C=O) groups excluding carboxylic acids is 1. The standard InChI is InChI=1S/C23H23N5O3S2.3H2/c1-16(28-12-10-17-4-2-3-5-21(17)28)22(29)25-18-14-27(15-18)19-6-8-20(9-7-19)33(30,31)26-23-24-11-13-32-23;;;/h2-13,16,18H,14-15H2,1H3,(H,24,26)(H,25,29);3*1H/t16-;;;/m0.../s1. The third-order valence-electron chi connectivity index (χ3n) is 5.82. The summed E-state index contributed by atoms with van der Waals surface area (Å²) in [5.41, 5.74) is 1.95. The molecule has 1 amide bonds. The number of para-hydroxylation sites is 1. The third-order valence-corrected chi connectivity index (χ3v) is 7.99. The number of thiazole rings is 1. The molecule has 1 atom stereocenters. The summed E-state index contributed by atoms with van der Waals surface area (Å²) < 4.78 is 29.4. The van der Waals surface area contributed by atoms with Gasteiger partial charge < -0.3 is 14.8 Å². The fourth-order valence-corrected chi connectivity index (χ4v) is 5.74. The Bertz CT molecular complexity index is 1390. The number of carbonyl (C=O) groups is 1. The molecular weight excluding hydrogens is 458 g/mol. The lowest BCUT2D eigenvalue weighted by Crippen LogP contribution is -2.60. The molecule has 8 nitrogen and oxygen atoms in total.